The number of aromatic nitrogens is 2. The van der Waals surface area contributed by atoms with Gasteiger partial charge in [0, 0.05) is 31.4 Å². The predicted molar refractivity (Wildman–Crippen MR) is 91.8 cm³/mol. The number of nitrogens with zero attached hydrogens (tertiary/aromatic N) is 3. The molecule has 21 heavy (non-hydrogen) atoms. The van der Waals surface area contributed by atoms with Crippen LogP contribution < -0.4 is 15.5 Å². The first-order valence-electron chi connectivity index (χ1n) is 7.35. The summed E-state index contributed by atoms with van der Waals surface area (Å²) in [5, 5.41) is 6.56. The van der Waals surface area contributed by atoms with Gasteiger partial charge in [0.2, 0.25) is 5.95 Å². The summed E-state index contributed by atoms with van der Waals surface area (Å²) in [6, 6.07) is 2.03. The maximum atomic E-state index is 5.20. The van der Waals surface area contributed by atoms with Gasteiger partial charge in [-0.05, 0) is 37.9 Å². The monoisotopic (exact) mass is 305 g/mol. The van der Waals surface area contributed by atoms with Gasteiger partial charge >= 0.3 is 0 Å². The maximum Gasteiger partial charge on any atom is 0.231 e. The standard InChI is InChI=1S/C15H23N5S/c1-4-7-16-15(21)19-14-17-12(3)9-13(18-14)20-8-5-6-11(2)10-20/h4,9,11H,1,5-8,10H2,2-3H3,(H2,16,17,18,19,21)/t11-/m1/s1. The van der Waals surface area contributed by atoms with Crippen molar-refractivity contribution in [1.29, 1.82) is 0 Å². The molecule has 0 bridgehead atoms. The second kappa shape index (κ2) is 7.36. The Morgan fingerprint density at radius 3 is 3.10 bits per heavy atom. The highest BCUT2D eigenvalue weighted by atomic mass is 32.1. The van der Waals surface area contributed by atoms with E-state index in [9.17, 15) is 0 Å². The first kappa shape index (κ1) is 15.7. The number of hydrogen-bond donors (Lipinski definition) is 2. The molecule has 0 radical (unpaired) electrons. The lowest BCUT2D eigenvalue weighted by molar-refractivity contribution is 0.444. The number of rotatable bonds is 4. The van der Waals surface area contributed by atoms with Crippen LogP contribution in [0, 0.1) is 12.8 Å². The molecule has 2 N–H and O–H groups in total. The van der Waals surface area contributed by atoms with Gasteiger partial charge in [0.1, 0.15) is 5.82 Å². The van der Waals surface area contributed by atoms with Crippen molar-refractivity contribution >= 4 is 29.1 Å². The van der Waals surface area contributed by atoms with E-state index < -0.39 is 0 Å². The molecule has 1 aliphatic heterocycles. The fraction of sp³-hybridized carbons (Fsp3) is 0.533. The fourth-order valence-electron chi connectivity index (χ4n) is 2.48. The third-order valence-electron chi connectivity index (χ3n) is 3.45. The Hall–Kier alpha value is -1.69. The summed E-state index contributed by atoms with van der Waals surface area (Å²) >= 11 is 5.20. The Kier molecular flexibility index (Phi) is 5.50. The van der Waals surface area contributed by atoms with E-state index in [0.717, 1.165) is 24.6 Å². The molecule has 1 aromatic heterocycles. The largest absolute Gasteiger partial charge is 0.359 e. The van der Waals surface area contributed by atoms with Crippen LogP contribution in [0.5, 0.6) is 0 Å². The van der Waals surface area contributed by atoms with E-state index in [-0.39, 0.29) is 0 Å². The number of piperidine rings is 1. The van der Waals surface area contributed by atoms with Crippen molar-refractivity contribution in [3.05, 3.63) is 24.4 Å². The molecule has 2 rings (SSSR count). The highest BCUT2D eigenvalue weighted by Gasteiger charge is 2.18. The lowest BCUT2D eigenvalue weighted by atomic mass is 10.0. The molecule has 6 heteroatoms. The first-order chi connectivity index (χ1) is 10.1. The molecule has 1 atom stereocenters. The fourth-order valence-corrected chi connectivity index (χ4v) is 2.65. The Balaban J connectivity index is 2.09. The summed E-state index contributed by atoms with van der Waals surface area (Å²) in [4.78, 5) is 11.3. The number of nitrogens with one attached hydrogen (secondary N) is 2. The molecular formula is C15H23N5S. The van der Waals surface area contributed by atoms with E-state index in [4.69, 9.17) is 12.2 Å². The van der Waals surface area contributed by atoms with Crippen molar-refractivity contribution in [2.45, 2.75) is 26.7 Å². The van der Waals surface area contributed by atoms with Crippen LogP contribution in [0.15, 0.2) is 18.7 Å². The SMILES string of the molecule is C=CCNC(=S)Nc1nc(C)cc(N2CCC[C@@H](C)C2)n1. The second-order valence-electron chi connectivity index (χ2n) is 5.51. The van der Waals surface area contributed by atoms with Gasteiger partial charge in [-0.2, -0.15) is 4.98 Å². The third kappa shape index (κ3) is 4.67. The summed E-state index contributed by atoms with van der Waals surface area (Å²) in [6.45, 7) is 10.6. The molecular weight excluding hydrogens is 282 g/mol. The minimum Gasteiger partial charge on any atom is -0.359 e. The van der Waals surface area contributed by atoms with Crippen LogP contribution in [0.3, 0.4) is 0 Å². The van der Waals surface area contributed by atoms with Crippen molar-refractivity contribution in [2.75, 3.05) is 29.9 Å². The molecule has 0 aliphatic carbocycles. The summed E-state index contributed by atoms with van der Waals surface area (Å²) in [6.07, 6.45) is 4.26. The van der Waals surface area contributed by atoms with Crippen LogP contribution in [0.2, 0.25) is 0 Å². The van der Waals surface area contributed by atoms with Crippen LogP contribution in [0.1, 0.15) is 25.5 Å². The van der Waals surface area contributed by atoms with Gasteiger partial charge in [0.15, 0.2) is 5.11 Å². The zero-order chi connectivity index (χ0) is 15.2. The summed E-state index contributed by atoms with van der Waals surface area (Å²) in [5.74, 6) is 2.23. The predicted octanol–water partition coefficient (Wildman–Crippen LogP) is 2.49. The van der Waals surface area contributed by atoms with Gasteiger partial charge in [-0.3, -0.25) is 0 Å². The second-order valence-corrected chi connectivity index (χ2v) is 5.92. The Labute approximate surface area is 131 Å². The van der Waals surface area contributed by atoms with Gasteiger partial charge in [-0.25, -0.2) is 4.98 Å². The van der Waals surface area contributed by atoms with Crippen LogP contribution in [0.25, 0.3) is 0 Å². The highest BCUT2D eigenvalue weighted by molar-refractivity contribution is 7.80. The zero-order valence-electron chi connectivity index (χ0n) is 12.7. The van der Waals surface area contributed by atoms with Crippen LogP contribution in [0.4, 0.5) is 11.8 Å². The quantitative estimate of drug-likeness (QED) is 0.658. The molecule has 2 heterocycles. The molecule has 0 saturated carbocycles. The normalized spacial score (nSPS) is 18.2. The van der Waals surface area contributed by atoms with Crippen molar-refractivity contribution in [1.82, 2.24) is 15.3 Å². The smallest absolute Gasteiger partial charge is 0.231 e. The summed E-state index contributed by atoms with van der Waals surface area (Å²) in [7, 11) is 0. The van der Waals surface area contributed by atoms with E-state index >= 15 is 0 Å². The highest BCUT2D eigenvalue weighted by Crippen LogP contribution is 2.22. The molecule has 1 saturated heterocycles. The lowest BCUT2D eigenvalue weighted by Crippen LogP contribution is -2.35. The van der Waals surface area contributed by atoms with E-state index in [1.807, 2.05) is 13.0 Å². The number of aryl methyl sites for hydroxylation is 1. The number of thiocarbonyl (C=S) groups is 1. The van der Waals surface area contributed by atoms with Crippen LogP contribution in [-0.2, 0) is 0 Å². The zero-order valence-corrected chi connectivity index (χ0v) is 13.5. The first-order valence-corrected chi connectivity index (χ1v) is 7.75. The van der Waals surface area contributed by atoms with Gasteiger partial charge < -0.3 is 15.5 Å². The van der Waals surface area contributed by atoms with Crippen LogP contribution >= 0.6 is 12.2 Å². The molecule has 0 aromatic carbocycles. The van der Waals surface area contributed by atoms with Gasteiger partial charge in [0.25, 0.3) is 0 Å². The topological polar surface area (TPSA) is 53.1 Å². The van der Waals surface area contributed by atoms with Crippen LogP contribution in [-0.4, -0.2) is 34.7 Å². The summed E-state index contributed by atoms with van der Waals surface area (Å²) in [5.41, 5.74) is 0.937. The average molecular weight is 305 g/mol. The Morgan fingerprint density at radius 2 is 2.38 bits per heavy atom. The Morgan fingerprint density at radius 1 is 1.57 bits per heavy atom. The molecule has 114 valence electrons. The minimum atomic E-state index is 0.512. The van der Waals surface area contributed by atoms with E-state index in [1.165, 1.54) is 12.8 Å². The summed E-state index contributed by atoms with van der Waals surface area (Å²) < 4.78 is 0. The molecule has 1 aromatic rings. The maximum absolute atomic E-state index is 5.20. The van der Waals surface area contributed by atoms with E-state index in [1.54, 1.807) is 6.08 Å². The Bertz CT molecular complexity index is 517. The average Bonchev–Trinajstić information content (AvgIpc) is 2.44. The van der Waals surface area contributed by atoms with Crippen molar-refractivity contribution < 1.29 is 0 Å². The molecule has 1 aliphatic rings. The van der Waals surface area contributed by atoms with Crippen molar-refractivity contribution in [3.63, 3.8) is 0 Å². The number of hydrogen-bond acceptors (Lipinski definition) is 4. The molecule has 0 spiro atoms. The number of anilines is 2. The van der Waals surface area contributed by atoms with Gasteiger partial charge in [-0.1, -0.05) is 13.0 Å². The molecule has 5 nitrogen and oxygen atoms in total. The minimum absolute atomic E-state index is 0.512. The molecule has 0 amide bonds. The molecule has 0 unspecified atom stereocenters. The molecule has 1 fully saturated rings. The van der Waals surface area contributed by atoms with Gasteiger partial charge in [-0.15, -0.1) is 6.58 Å². The third-order valence-corrected chi connectivity index (χ3v) is 3.70. The van der Waals surface area contributed by atoms with Gasteiger partial charge in [0.05, 0.1) is 0 Å². The van der Waals surface area contributed by atoms with E-state index in [2.05, 4.69) is 39.0 Å². The van der Waals surface area contributed by atoms with Crippen molar-refractivity contribution in [3.8, 4) is 0 Å². The lowest BCUT2D eigenvalue weighted by Gasteiger charge is -2.32. The van der Waals surface area contributed by atoms with E-state index in [0.29, 0.717) is 23.5 Å². The van der Waals surface area contributed by atoms with Crippen molar-refractivity contribution in [2.24, 2.45) is 5.92 Å².